The Kier molecular flexibility index (Phi) is 5.21. The summed E-state index contributed by atoms with van der Waals surface area (Å²) in [6.07, 6.45) is 0. The smallest absolute Gasteiger partial charge is 0.234 e. The van der Waals surface area contributed by atoms with Crippen molar-refractivity contribution in [2.75, 3.05) is 20.0 Å². The van der Waals surface area contributed by atoms with E-state index in [0.29, 0.717) is 23.1 Å². The third-order valence-electron chi connectivity index (χ3n) is 3.94. The fourth-order valence-corrected chi connectivity index (χ4v) is 4.10. The van der Waals surface area contributed by atoms with Crippen molar-refractivity contribution in [2.24, 2.45) is 0 Å². The van der Waals surface area contributed by atoms with Crippen molar-refractivity contribution in [3.05, 3.63) is 58.6 Å². The Morgan fingerprint density at radius 3 is 2.75 bits per heavy atom. The van der Waals surface area contributed by atoms with Crippen molar-refractivity contribution < 1.29 is 14.3 Å². The van der Waals surface area contributed by atoms with Gasteiger partial charge in [-0.05, 0) is 29.8 Å². The number of carbonyl (C=O) groups excluding carboxylic acids is 1. The number of ether oxygens (including phenoxy) is 2. The molecule has 1 amide bonds. The second-order valence-corrected chi connectivity index (χ2v) is 6.92. The van der Waals surface area contributed by atoms with Crippen LogP contribution in [0, 0.1) is 0 Å². The van der Waals surface area contributed by atoms with Crippen molar-refractivity contribution in [1.82, 2.24) is 4.90 Å². The second-order valence-electron chi connectivity index (χ2n) is 5.42. The molecule has 0 bridgehead atoms. The first-order chi connectivity index (χ1) is 11.6. The number of methoxy groups -OCH3 is 2. The fourth-order valence-electron chi connectivity index (χ4n) is 2.73. The Hall–Kier alpha value is -1.85. The fraction of sp³-hybridized carbons (Fsp3) is 0.278. The van der Waals surface area contributed by atoms with Gasteiger partial charge in [0.1, 0.15) is 16.9 Å². The Morgan fingerprint density at radius 2 is 2.04 bits per heavy atom. The summed E-state index contributed by atoms with van der Waals surface area (Å²) < 4.78 is 10.7. The van der Waals surface area contributed by atoms with Gasteiger partial charge in [-0.2, -0.15) is 0 Å². The van der Waals surface area contributed by atoms with Gasteiger partial charge in [0, 0.05) is 16.7 Å². The maximum absolute atomic E-state index is 12.4. The summed E-state index contributed by atoms with van der Waals surface area (Å²) in [6.45, 7) is 0.482. The first kappa shape index (κ1) is 17.0. The number of amides is 1. The summed E-state index contributed by atoms with van der Waals surface area (Å²) in [6, 6.07) is 13.3. The van der Waals surface area contributed by atoms with Crippen molar-refractivity contribution >= 4 is 29.3 Å². The summed E-state index contributed by atoms with van der Waals surface area (Å²) in [5, 5.41) is 0.637. The highest BCUT2D eigenvalue weighted by Gasteiger charge is 2.33. The lowest BCUT2D eigenvalue weighted by Crippen LogP contribution is -2.27. The van der Waals surface area contributed by atoms with E-state index in [9.17, 15) is 4.79 Å². The number of rotatable bonds is 5. The quantitative estimate of drug-likeness (QED) is 0.800. The monoisotopic (exact) mass is 363 g/mol. The molecule has 4 nitrogen and oxygen atoms in total. The zero-order valence-corrected chi connectivity index (χ0v) is 15.1. The van der Waals surface area contributed by atoms with Crippen LogP contribution in [0.3, 0.4) is 0 Å². The number of carbonyl (C=O) groups is 1. The third-order valence-corrected chi connectivity index (χ3v) is 5.43. The molecule has 1 saturated heterocycles. The van der Waals surface area contributed by atoms with Crippen LogP contribution in [0.4, 0.5) is 0 Å². The Morgan fingerprint density at radius 1 is 1.21 bits per heavy atom. The number of halogens is 1. The van der Waals surface area contributed by atoms with Crippen LogP contribution in [0.25, 0.3) is 0 Å². The van der Waals surface area contributed by atoms with Crippen LogP contribution >= 0.6 is 23.4 Å². The zero-order chi connectivity index (χ0) is 17.1. The molecule has 2 aromatic carbocycles. The molecule has 126 valence electrons. The highest BCUT2D eigenvalue weighted by Crippen LogP contribution is 2.41. The van der Waals surface area contributed by atoms with Gasteiger partial charge >= 0.3 is 0 Å². The molecule has 6 heteroatoms. The molecule has 24 heavy (non-hydrogen) atoms. The average Bonchev–Trinajstić information content (AvgIpc) is 2.96. The van der Waals surface area contributed by atoms with E-state index in [0.717, 1.165) is 16.9 Å². The van der Waals surface area contributed by atoms with E-state index in [4.69, 9.17) is 21.1 Å². The molecule has 1 heterocycles. The normalized spacial score (nSPS) is 17.2. The van der Waals surface area contributed by atoms with Crippen LogP contribution in [0.2, 0.25) is 5.02 Å². The predicted molar refractivity (Wildman–Crippen MR) is 96.7 cm³/mol. The van der Waals surface area contributed by atoms with Gasteiger partial charge in [0.05, 0.1) is 26.5 Å². The van der Waals surface area contributed by atoms with Crippen molar-refractivity contribution in [3.8, 4) is 11.5 Å². The minimum Gasteiger partial charge on any atom is -0.497 e. The van der Waals surface area contributed by atoms with E-state index in [1.807, 2.05) is 47.4 Å². The molecule has 3 rings (SSSR count). The molecule has 1 fully saturated rings. The van der Waals surface area contributed by atoms with Crippen LogP contribution in [0.15, 0.2) is 42.5 Å². The summed E-state index contributed by atoms with van der Waals surface area (Å²) in [5.74, 6) is 2.02. The predicted octanol–water partition coefficient (Wildman–Crippen LogP) is 4.13. The van der Waals surface area contributed by atoms with Crippen LogP contribution < -0.4 is 9.47 Å². The number of hydrogen-bond acceptors (Lipinski definition) is 4. The number of benzene rings is 2. The summed E-state index contributed by atoms with van der Waals surface area (Å²) in [7, 11) is 3.23. The SMILES string of the molecule is COc1ccc(CN2C(=O)CSC2c2cccc(Cl)c2)c(OC)c1. The molecule has 1 aliphatic rings. The Balaban J connectivity index is 1.88. The van der Waals surface area contributed by atoms with Gasteiger partial charge < -0.3 is 14.4 Å². The standard InChI is InChI=1S/C18H18ClNO3S/c1-22-15-7-6-13(16(9-15)23-2)10-20-17(21)11-24-18(20)12-4-3-5-14(19)8-12/h3-9,18H,10-11H2,1-2H3. The molecule has 0 N–H and O–H groups in total. The molecule has 0 aromatic heterocycles. The van der Waals surface area contributed by atoms with Crippen molar-refractivity contribution in [3.63, 3.8) is 0 Å². The van der Waals surface area contributed by atoms with Gasteiger partial charge in [0.25, 0.3) is 0 Å². The zero-order valence-electron chi connectivity index (χ0n) is 13.5. The number of hydrogen-bond donors (Lipinski definition) is 0. The minimum atomic E-state index is -0.0389. The van der Waals surface area contributed by atoms with Gasteiger partial charge in [-0.25, -0.2) is 0 Å². The van der Waals surface area contributed by atoms with Gasteiger partial charge in [-0.1, -0.05) is 23.7 Å². The first-order valence-corrected chi connectivity index (χ1v) is 8.92. The molecule has 1 atom stereocenters. The van der Waals surface area contributed by atoms with E-state index in [1.165, 1.54) is 0 Å². The minimum absolute atomic E-state index is 0.0389. The molecule has 1 aliphatic heterocycles. The lowest BCUT2D eigenvalue weighted by atomic mass is 10.1. The molecule has 0 aliphatic carbocycles. The summed E-state index contributed by atoms with van der Waals surface area (Å²) in [5.41, 5.74) is 1.98. The van der Waals surface area contributed by atoms with Gasteiger partial charge in [-0.15, -0.1) is 11.8 Å². The lowest BCUT2D eigenvalue weighted by Gasteiger charge is -2.25. The second kappa shape index (κ2) is 7.36. The largest absolute Gasteiger partial charge is 0.497 e. The molecule has 0 radical (unpaired) electrons. The first-order valence-electron chi connectivity index (χ1n) is 7.50. The third kappa shape index (κ3) is 3.47. The van der Waals surface area contributed by atoms with Gasteiger partial charge in [0.2, 0.25) is 5.91 Å². The van der Waals surface area contributed by atoms with Crippen LogP contribution in [0.5, 0.6) is 11.5 Å². The number of nitrogens with zero attached hydrogens (tertiary/aromatic N) is 1. The average molecular weight is 364 g/mol. The lowest BCUT2D eigenvalue weighted by molar-refractivity contribution is -0.128. The maximum atomic E-state index is 12.4. The van der Waals surface area contributed by atoms with E-state index >= 15 is 0 Å². The molecule has 0 saturated carbocycles. The highest BCUT2D eigenvalue weighted by molar-refractivity contribution is 8.00. The molecular weight excluding hydrogens is 346 g/mol. The van der Waals surface area contributed by atoms with E-state index in [2.05, 4.69) is 0 Å². The van der Waals surface area contributed by atoms with Crippen LogP contribution in [0.1, 0.15) is 16.5 Å². The van der Waals surface area contributed by atoms with Crippen molar-refractivity contribution in [2.45, 2.75) is 11.9 Å². The summed E-state index contributed by atoms with van der Waals surface area (Å²) in [4.78, 5) is 14.2. The maximum Gasteiger partial charge on any atom is 0.234 e. The van der Waals surface area contributed by atoms with Crippen molar-refractivity contribution in [1.29, 1.82) is 0 Å². The molecular formula is C18H18ClNO3S. The highest BCUT2D eigenvalue weighted by atomic mass is 35.5. The van der Waals surface area contributed by atoms with E-state index in [-0.39, 0.29) is 11.3 Å². The van der Waals surface area contributed by atoms with Crippen LogP contribution in [-0.2, 0) is 11.3 Å². The van der Waals surface area contributed by atoms with E-state index in [1.54, 1.807) is 26.0 Å². The number of thioether (sulfide) groups is 1. The topological polar surface area (TPSA) is 38.8 Å². The Bertz CT molecular complexity index is 753. The van der Waals surface area contributed by atoms with Gasteiger partial charge in [0.15, 0.2) is 0 Å². The molecule has 1 unspecified atom stereocenters. The van der Waals surface area contributed by atoms with Gasteiger partial charge in [-0.3, -0.25) is 4.79 Å². The molecule has 2 aromatic rings. The van der Waals surface area contributed by atoms with Crippen LogP contribution in [-0.4, -0.2) is 30.8 Å². The summed E-state index contributed by atoms with van der Waals surface area (Å²) >= 11 is 7.72. The Labute approximate surface area is 150 Å². The van der Waals surface area contributed by atoms with E-state index < -0.39 is 0 Å². The molecule has 0 spiro atoms.